The summed E-state index contributed by atoms with van der Waals surface area (Å²) in [5, 5.41) is 6.44. The van der Waals surface area contributed by atoms with Gasteiger partial charge in [0.05, 0.1) is 6.61 Å². The molecule has 132 valence electrons. The number of carbonyl (C=O) groups is 3. The molecule has 0 unspecified atom stereocenters. The largest absolute Gasteiger partial charge is 0.465 e. The fourth-order valence-corrected chi connectivity index (χ4v) is 2.96. The molecule has 1 N–H and O–H groups in total. The number of nitrogens with one attached hydrogen (secondary N) is 1. The number of nitrogens with zero attached hydrogens (tertiary/aromatic N) is 1. The van der Waals surface area contributed by atoms with Gasteiger partial charge in [0.15, 0.2) is 0 Å². The summed E-state index contributed by atoms with van der Waals surface area (Å²) in [5.41, 5.74) is 0.643. The molecule has 0 atom stereocenters. The summed E-state index contributed by atoms with van der Waals surface area (Å²) in [6.45, 7) is 3.15. The van der Waals surface area contributed by atoms with Crippen molar-refractivity contribution < 1.29 is 19.1 Å². The van der Waals surface area contributed by atoms with Crippen LogP contribution in [0.3, 0.4) is 0 Å². The van der Waals surface area contributed by atoms with E-state index < -0.39 is 0 Å². The molecule has 1 aliphatic carbocycles. The zero-order valence-corrected chi connectivity index (χ0v) is 14.8. The molecule has 0 aliphatic heterocycles. The van der Waals surface area contributed by atoms with Gasteiger partial charge in [0.1, 0.15) is 6.54 Å². The summed E-state index contributed by atoms with van der Waals surface area (Å²) in [4.78, 5) is 37.4. The molecule has 1 aromatic rings. The summed E-state index contributed by atoms with van der Waals surface area (Å²) in [5.74, 6) is -0.0243. The lowest BCUT2D eigenvalue weighted by Crippen LogP contribution is -2.38. The van der Waals surface area contributed by atoms with Gasteiger partial charge in [-0.25, -0.2) is 0 Å². The van der Waals surface area contributed by atoms with E-state index in [0.29, 0.717) is 44.0 Å². The topological polar surface area (TPSA) is 75.7 Å². The Kier molecular flexibility index (Phi) is 7.24. The predicted octanol–water partition coefficient (Wildman–Crippen LogP) is 2.06. The summed E-state index contributed by atoms with van der Waals surface area (Å²) >= 11 is 1.47. The first-order chi connectivity index (χ1) is 11.6. The third-order valence-electron chi connectivity index (χ3n) is 3.79. The van der Waals surface area contributed by atoms with Crippen LogP contribution in [0.2, 0.25) is 0 Å². The van der Waals surface area contributed by atoms with Gasteiger partial charge in [0.25, 0.3) is 5.91 Å². The molecule has 2 rings (SSSR count). The molecular weight excluding hydrogens is 328 g/mol. The lowest BCUT2D eigenvalue weighted by atomic mass is 10.2. The minimum atomic E-state index is -0.364. The Bertz CT molecular complexity index is 555. The number of ether oxygens (including phenoxy) is 1. The van der Waals surface area contributed by atoms with Gasteiger partial charge < -0.3 is 15.0 Å². The lowest BCUT2D eigenvalue weighted by molar-refractivity contribution is -0.149. The maximum Gasteiger partial charge on any atom is 0.325 e. The molecule has 0 aromatic carbocycles. The van der Waals surface area contributed by atoms with E-state index in [2.05, 4.69) is 5.32 Å². The highest BCUT2D eigenvalue weighted by Crippen LogP contribution is 2.29. The quantitative estimate of drug-likeness (QED) is 0.517. The number of hydrogen-bond acceptors (Lipinski definition) is 5. The van der Waals surface area contributed by atoms with E-state index in [1.807, 2.05) is 5.38 Å². The van der Waals surface area contributed by atoms with E-state index in [1.165, 1.54) is 11.3 Å². The van der Waals surface area contributed by atoms with E-state index in [-0.39, 0.29) is 24.3 Å². The van der Waals surface area contributed by atoms with Gasteiger partial charge in [0.2, 0.25) is 5.91 Å². The summed E-state index contributed by atoms with van der Waals surface area (Å²) in [7, 11) is 0. The van der Waals surface area contributed by atoms with Crippen LogP contribution >= 0.6 is 11.3 Å². The molecule has 0 bridgehead atoms. The van der Waals surface area contributed by atoms with Crippen molar-refractivity contribution in [3.05, 3.63) is 22.4 Å². The fourth-order valence-electron chi connectivity index (χ4n) is 2.32. The molecule has 2 amide bonds. The third-order valence-corrected chi connectivity index (χ3v) is 4.47. The van der Waals surface area contributed by atoms with E-state index in [9.17, 15) is 14.4 Å². The number of thiophene rings is 1. The van der Waals surface area contributed by atoms with E-state index in [1.54, 1.807) is 23.3 Å². The Morgan fingerprint density at radius 3 is 2.79 bits per heavy atom. The van der Waals surface area contributed by atoms with Gasteiger partial charge >= 0.3 is 5.97 Å². The van der Waals surface area contributed by atoms with E-state index >= 15 is 0 Å². The van der Waals surface area contributed by atoms with Crippen molar-refractivity contribution >= 4 is 29.1 Å². The maximum absolute atomic E-state index is 12.3. The van der Waals surface area contributed by atoms with Gasteiger partial charge in [-0.3, -0.25) is 14.4 Å². The average Bonchev–Trinajstić information content (AvgIpc) is 3.20. The Morgan fingerprint density at radius 2 is 2.17 bits per heavy atom. The molecule has 7 heteroatoms. The number of hydrogen-bond donors (Lipinski definition) is 1. The summed E-state index contributed by atoms with van der Waals surface area (Å²) < 4.78 is 4.93. The van der Waals surface area contributed by atoms with Crippen LogP contribution in [0.15, 0.2) is 16.8 Å². The second-order valence-electron chi connectivity index (χ2n) is 5.89. The zero-order valence-electron chi connectivity index (χ0n) is 14.0. The Morgan fingerprint density at radius 1 is 1.38 bits per heavy atom. The van der Waals surface area contributed by atoms with Crippen LogP contribution in [-0.4, -0.2) is 48.9 Å². The predicted molar refractivity (Wildman–Crippen MR) is 91.8 cm³/mol. The molecule has 1 heterocycles. The molecule has 0 spiro atoms. The second-order valence-corrected chi connectivity index (χ2v) is 6.67. The first kappa shape index (κ1) is 18.4. The van der Waals surface area contributed by atoms with Crippen LogP contribution in [0.25, 0.3) is 0 Å². The average molecular weight is 352 g/mol. The second kappa shape index (κ2) is 9.42. The number of carbonyl (C=O) groups excluding carboxylic acids is 3. The molecule has 24 heavy (non-hydrogen) atoms. The van der Waals surface area contributed by atoms with Crippen LogP contribution < -0.4 is 5.32 Å². The summed E-state index contributed by atoms with van der Waals surface area (Å²) in [6.07, 6.45) is 3.10. The zero-order chi connectivity index (χ0) is 17.4. The van der Waals surface area contributed by atoms with Crippen LogP contribution in [0.5, 0.6) is 0 Å². The SMILES string of the molecule is CCOC(=O)CN(CC1CC1)C(=O)CCCNC(=O)c1ccsc1. The smallest absolute Gasteiger partial charge is 0.325 e. The minimum absolute atomic E-state index is 0.0183. The van der Waals surface area contributed by atoms with Crippen molar-refractivity contribution in [2.45, 2.75) is 32.6 Å². The molecule has 0 radical (unpaired) electrons. The van der Waals surface area contributed by atoms with Crippen LogP contribution in [-0.2, 0) is 14.3 Å². The number of esters is 1. The molecule has 1 fully saturated rings. The highest BCUT2D eigenvalue weighted by atomic mass is 32.1. The van der Waals surface area contributed by atoms with Gasteiger partial charge in [-0.2, -0.15) is 11.3 Å². The minimum Gasteiger partial charge on any atom is -0.465 e. The Labute approximate surface area is 146 Å². The lowest BCUT2D eigenvalue weighted by Gasteiger charge is -2.21. The highest BCUT2D eigenvalue weighted by Gasteiger charge is 2.28. The van der Waals surface area contributed by atoms with Crippen molar-refractivity contribution in [3.8, 4) is 0 Å². The van der Waals surface area contributed by atoms with Crippen molar-refractivity contribution in [2.75, 3.05) is 26.2 Å². The van der Waals surface area contributed by atoms with Crippen LogP contribution in [0.1, 0.15) is 43.0 Å². The first-order valence-corrected chi connectivity index (χ1v) is 9.28. The van der Waals surface area contributed by atoms with Crippen molar-refractivity contribution in [1.82, 2.24) is 10.2 Å². The van der Waals surface area contributed by atoms with Crippen LogP contribution in [0.4, 0.5) is 0 Å². The Balaban J connectivity index is 1.71. The number of rotatable bonds is 10. The van der Waals surface area contributed by atoms with Gasteiger partial charge in [-0.05, 0) is 43.6 Å². The number of amides is 2. The van der Waals surface area contributed by atoms with Crippen molar-refractivity contribution in [3.63, 3.8) is 0 Å². The maximum atomic E-state index is 12.3. The van der Waals surface area contributed by atoms with Gasteiger partial charge in [-0.15, -0.1) is 0 Å². The molecule has 6 nitrogen and oxygen atoms in total. The van der Waals surface area contributed by atoms with Gasteiger partial charge in [-0.1, -0.05) is 0 Å². The van der Waals surface area contributed by atoms with Crippen molar-refractivity contribution in [2.24, 2.45) is 5.92 Å². The van der Waals surface area contributed by atoms with E-state index in [0.717, 1.165) is 12.8 Å². The standard InChI is InChI=1S/C17H24N2O4S/c1-2-23-16(21)11-19(10-13-5-6-13)15(20)4-3-8-18-17(22)14-7-9-24-12-14/h7,9,12-13H,2-6,8,10-11H2,1H3,(H,18,22). The Hall–Kier alpha value is -1.89. The normalized spacial score (nSPS) is 13.4. The molecular formula is C17H24N2O4S. The van der Waals surface area contributed by atoms with E-state index in [4.69, 9.17) is 4.74 Å². The summed E-state index contributed by atoms with van der Waals surface area (Å²) in [6, 6.07) is 1.77. The first-order valence-electron chi connectivity index (χ1n) is 8.34. The molecule has 1 aliphatic rings. The van der Waals surface area contributed by atoms with Crippen LogP contribution in [0, 0.1) is 5.92 Å². The molecule has 1 saturated carbocycles. The fraction of sp³-hybridized carbons (Fsp3) is 0.588. The molecule has 0 saturated heterocycles. The third kappa shape index (κ3) is 6.31. The monoisotopic (exact) mass is 352 g/mol. The van der Waals surface area contributed by atoms with Crippen molar-refractivity contribution in [1.29, 1.82) is 0 Å². The highest BCUT2D eigenvalue weighted by molar-refractivity contribution is 7.08. The molecule has 1 aromatic heterocycles. The van der Waals surface area contributed by atoms with Gasteiger partial charge in [0, 0.05) is 30.5 Å².